The Labute approximate surface area is 380 Å². The Hall–Kier alpha value is -1.59. The van der Waals surface area contributed by atoms with E-state index in [0.717, 1.165) is 63.7 Å². The van der Waals surface area contributed by atoms with Crippen molar-refractivity contribution in [2.45, 2.75) is 316 Å². The number of esters is 3. The molecule has 0 saturated carbocycles. The highest BCUT2D eigenvalue weighted by atomic mass is 16.6. The molecular weight excluding hydrogens is 757 g/mol. The van der Waals surface area contributed by atoms with Crippen molar-refractivity contribution in [3.63, 3.8) is 0 Å². The summed E-state index contributed by atoms with van der Waals surface area (Å²) in [5.74, 6) is 0.00417. The number of unbranched alkanes of at least 4 members (excludes halogenated alkanes) is 37. The second-order valence-electron chi connectivity index (χ2n) is 19.3. The Morgan fingerprint density at radius 1 is 0.311 bits per heavy atom. The van der Waals surface area contributed by atoms with Crippen LogP contribution in [0.3, 0.4) is 0 Å². The van der Waals surface area contributed by atoms with E-state index in [0.29, 0.717) is 19.3 Å². The summed E-state index contributed by atoms with van der Waals surface area (Å²) in [5.41, 5.74) is 0. The van der Waals surface area contributed by atoms with Gasteiger partial charge in [-0.2, -0.15) is 0 Å². The van der Waals surface area contributed by atoms with Crippen LogP contribution in [0.2, 0.25) is 0 Å². The minimum Gasteiger partial charge on any atom is -0.462 e. The third kappa shape index (κ3) is 49.3. The highest BCUT2D eigenvalue weighted by Gasteiger charge is 2.19. The van der Waals surface area contributed by atoms with Crippen LogP contribution >= 0.6 is 0 Å². The molecule has 0 heterocycles. The van der Waals surface area contributed by atoms with Gasteiger partial charge in [-0.3, -0.25) is 14.4 Å². The van der Waals surface area contributed by atoms with Crippen molar-refractivity contribution < 1.29 is 28.6 Å². The lowest BCUT2D eigenvalue weighted by atomic mass is 10.0. The smallest absolute Gasteiger partial charge is 0.306 e. The fourth-order valence-electron chi connectivity index (χ4n) is 8.39. The standard InChI is InChI=1S/C55H106O6/c1-5-7-9-11-13-15-17-19-23-27-31-35-39-43-47-54(57)60-50-52(49-59-53(56)46-42-38-34-30-26-18-16-14-12-10-8-6-2)61-55(58)48-44-40-36-32-28-24-21-20-22-25-29-33-37-41-45-51(3)4/h51-52H,5-50H2,1-4H3/t52-/m0/s1. The number of carbonyl (C=O) groups is 3. The number of ether oxygens (including phenoxy) is 3. The maximum absolute atomic E-state index is 12.8. The number of rotatable bonds is 50. The van der Waals surface area contributed by atoms with Gasteiger partial charge in [-0.05, 0) is 25.2 Å². The van der Waals surface area contributed by atoms with E-state index < -0.39 is 6.10 Å². The SMILES string of the molecule is CCCCCCCCCCCCCCCCC(=O)OC[C@H](COC(=O)CCCCCCCCCCCCCC)OC(=O)CCCCCCCCCCCCCCCCC(C)C. The van der Waals surface area contributed by atoms with Crippen LogP contribution in [0, 0.1) is 5.92 Å². The Morgan fingerprint density at radius 3 is 0.803 bits per heavy atom. The zero-order valence-electron chi connectivity index (χ0n) is 41.6. The molecule has 0 fully saturated rings. The van der Waals surface area contributed by atoms with Gasteiger partial charge < -0.3 is 14.2 Å². The van der Waals surface area contributed by atoms with Crippen LogP contribution in [0.25, 0.3) is 0 Å². The third-order valence-corrected chi connectivity index (χ3v) is 12.5. The van der Waals surface area contributed by atoms with Crippen molar-refractivity contribution in [1.29, 1.82) is 0 Å². The van der Waals surface area contributed by atoms with Gasteiger partial charge in [-0.25, -0.2) is 0 Å². The van der Waals surface area contributed by atoms with Crippen molar-refractivity contribution in [2.24, 2.45) is 5.92 Å². The monoisotopic (exact) mass is 863 g/mol. The number of hydrogen-bond donors (Lipinski definition) is 0. The second-order valence-corrected chi connectivity index (χ2v) is 19.3. The van der Waals surface area contributed by atoms with Gasteiger partial charge in [0.05, 0.1) is 0 Å². The lowest BCUT2D eigenvalue weighted by Gasteiger charge is -2.18. The first-order chi connectivity index (χ1) is 29.9. The lowest BCUT2D eigenvalue weighted by molar-refractivity contribution is -0.167. The summed E-state index contributed by atoms with van der Waals surface area (Å²) in [6, 6.07) is 0. The summed E-state index contributed by atoms with van der Waals surface area (Å²) in [6.07, 6.45) is 52.3. The molecule has 0 spiro atoms. The average molecular weight is 863 g/mol. The van der Waals surface area contributed by atoms with Crippen LogP contribution in [0.4, 0.5) is 0 Å². The fraction of sp³-hybridized carbons (Fsp3) is 0.945. The molecule has 0 aliphatic rings. The maximum Gasteiger partial charge on any atom is 0.306 e. The summed E-state index contributed by atoms with van der Waals surface area (Å²) in [4.78, 5) is 38.0. The maximum atomic E-state index is 12.8. The van der Waals surface area contributed by atoms with E-state index in [2.05, 4.69) is 27.7 Å². The average Bonchev–Trinajstić information content (AvgIpc) is 3.24. The molecule has 61 heavy (non-hydrogen) atoms. The van der Waals surface area contributed by atoms with Crippen LogP contribution in [0.15, 0.2) is 0 Å². The first kappa shape index (κ1) is 59.4. The summed E-state index contributed by atoms with van der Waals surface area (Å²) in [6.45, 7) is 9.05. The van der Waals surface area contributed by atoms with Crippen molar-refractivity contribution >= 4 is 17.9 Å². The Kier molecular flexibility index (Phi) is 48.1. The minimum atomic E-state index is -0.761. The summed E-state index contributed by atoms with van der Waals surface area (Å²) >= 11 is 0. The van der Waals surface area contributed by atoms with Crippen molar-refractivity contribution in [3.8, 4) is 0 Å². The molecule has 0 aromatic carbocycles. The van der Waals surface area contributed by atoms with E-state index in [1.54, 1.807) is 0 Å². The molecule has 0 aromatic heterocycles. The molecule has 0 aromatic rings. The molecule has 0 saturated heterocycles. The molecule has 0 N–H and O–H groups in total. The molecule has 0 radical (unpaired) electrons. The van der Waals surface area contributed by atoms with Gasteiger partial charge in [0.25, 0.3) is 0 Å². The van der Waals surface area contributed by atoms with Gasteiger partial charge in [0.1, 0.15) is 13.2 Å². The highest BCUT2D eigenvalue weighted by Crippen LogP contribution is 2.17. The van der Waals surface area contributed by atoms with Crippen LogP contribution < -0.4 is 0 Å². The van der Waals surface area contributed by atoms with Crippen molar-refractivity contribution in [1.82, 2.24) is 0 Å². The van der Waals surface area contributed by atoms with Gasteiger partial charge >= 0.3 is 17.9 Å². The van der Waals surface area contributed by atoms with Crippen LogP contribution in [0.5, 0.6) is 0 Å². The van der Waals surface area contributed by atoms with E-state index in [1.165, 1.54) is 205 Å². The molecule has 6 heteroatoms. The van der Waals surface area contributed by atoms with Crippen molar-refractivity contribution in [3.05, 3.63) is 0 Å². The van der Waals surface area contributed by atoms with E-state index in [-0.39, 0.29) is 31.1 Å². The predicted octanol–water partition coefficient (Wildman–Crippen LogP) is 17.8. The van der Waals surface area contributed by atoms with Gasteiger partial charge in [-0.1, -0.05) is 272 Å². The zero-order valence-corrected chi connectivity index (χ0v) is 41.6. The molecule has 0 unspecified atom stereocenters. The molecule has 1 atom stereocenters. The predicted molar refractivity (Wildman–Crippen MR) is 261 cm³/mol. The summed E-state index contributed by atoms with van der Waals surface area (Å²) < 4.78 is 16.8. The normalized spacial score (nSPS) is 12.0. The summed E-state index contributed by atoms with van der Waals surface area (Å²) in [5, 5.41) is 0. The van der Waals surface area contributed by atoms with Crippen molar-refractivity contribution in [2.75, 3.05) is 13.2 Å². The molecule has 362 valence electrons. The second kappa shape index (κ2) is 49.4. The molecule has 0 aliphatic carbocycles. The summed E-state index contributed by atoms with van der Waals surface area (Å²) in [7, 11) is 0. The van der Waals surface area contributed by atoms with Crippen LogP contribution in [-0.4, -0.2) is 37.2 Å². The van der Waals surface area contributed by atoms with E-state index in [9.17, 15) is 14.4 Å². The number of carbonyl (C=O) groups excluding carboxylic acids is 3. The van der Waals surface area contributed by atoms with Gasteiger partial charge in [-0.15, -0.1) is 0 Å². The molecule has 0 bridgehead atoms. The first-order valence-corrected chi connectivity index (χ1v) is 27.4. The van der Waals surface area contributed by atoms with E-state index in [1.807, 2.05) is 0 Å². The quantitative estimate of drug-likeness (QED) is 0.0344. The molecular formula is C55H106O6. The number of hydrogen-bond acceptors (Lipinski definition) is 6. The van der Waals surface area contributed by atoms with Gasteiger partial charge in [0.2, 0.25) is 0 Å². The molecule has 6 nitrogen and oxygen atoms in total. The van der Waals surface area contributed by atoms with Gasteiger partial charge in [0, 0.05) is 19.3 Å². The minimum absolute atomic E-state index is 0.0621. The highest BCUT2D eigenvalue weighted by molar-refractivity contribution is 5.71. The van der Waals surface area contributed by atoms with E-state index in [4.69, 9.17) is 14.2 Å². The Bertz CT molecular complexity index is 918. The Balaban J connectivity index is 4.29. The van der Waals surface area contributed by atoms with Gasteiger partial charge in [0.15, 0.2) is 6.10 Å². The fourth-order valence-corrected chi connectivity index (χ4v) is 8.39. The topological polar surface area (TPSA) is 78.9 Å². The molecule has 0 amide bonds. The van der Waals surface area contributed by atoms with Crippen LogP contribution in [0.1, 0.15) is 310 Å². The Morgan fingerprint density at radius 2 is 0.541 bits per heavy atom. The van der Waals surface area contributed by atoms with Crippen LogP contribution in [-0.2, 0) is 28.6 Å². The lowest BCUT2D eigenvalue weighted by Crippen LogP contribution is -2.30. The third-order valence-electron chi connectivity index (χ3n) is 12.5. The molecule has 0 aliphatic heterocycles. The largest absolute Gasteiger partial charge is 0.462 e. The molecule has 0 rings (SSSR count). The van der Waals surface area contributed by atoms with E-state index >= 15 is 0 Å². The zero-order chi connectivity index (χ0) is 44.5. The first-order valence-electron chi connectivity index (χ1n) is 27.4.